The second kappa shape index (κ2) is 6.55. The van der Waals surface area contributed by atoms with Gasteiger partial charge in [0.1, 0.15) is 0 Å². The highest BCUT2D eigenvalue weighted by molar-refractivity contribution is 5.41. The Morgan fingerprint density at radius 1 is 1.33 bits per heavy atom. The van der Waals surface area contributed by atoms with E-state index in [4.69, 9.17) is 5.11 Å². The van der Waals surface area contributed by atoms with Crippen molar-refractivity contribution in [1.82, 2.24) is 4.90 Å². The van der Waals surface area contributed by atoms with E-state index in [0.717, 1.165) is 31.6 Å². The Morgan fingerprint density at radius 2 is 2.17 bits per heavy atom. The van der Waals surface area contributed by atoms with Crippen LogP contribution in [-0.4, -0.2) is 40.9 Å². The normalized spacial score (nSPS) is 19.6. The molecule has 1 aliphatic heterocycles. The van der Waals surface area contributed by atoms with Gasteiger partial charge in [-0.2, -0.15) is 0 Å². The smallest absolute Gasteiger partial charge is 0.0679 e. The predicted molar refractivity (Wildman–Crippen MR) is 70.9 cm³/mol. The zero-order valence-electron chi connectivity index (χ0n) is 10.5. The van der Waals surface area contributed by atoms with Gasteiger partial charge in [-0.1, -0.05) is 30.0 Å². The van der Waals surface area contributed by atoms with Gasteiger partial charge in [0.2, 0.25) is 0 Å². The average Bonchev–Trinajstić information content (AvgIpc) is 2.77. The highest BCUT2D eigenvalue weighted by atomic mass is 16.3. The first-order valence-corrected chi connectivity index (χ1v) is 6.37. The zero-order chi connectivity index (χ0) is 12.8. The fraction of sp³-hybridized carbons (Fsp3) is 0.467. The van der Waals surface area contributed by atoms with E-state index in [1.165, 1.54) is 5.56 Å². The average molecular weight is 245 g/mol. The standard InChI is InChI=1S/C15H19NO2/c17-10-4-3-6-13-5-1-2-7-14(13)11-16-9-8-15(18)12-16/h1-2,5,7,15,17-18H,4,8-12H2. The lowest BCUT2D eigenvalue weighted by molar-refractivity contribution is 0.175. The Bertz CT molecular complexity index is 447. The summed E-state index contributed by atoms with van der Waals surface area (Å²) in [7, 11) is 0. The molecule has 1 aromatic rings. The van der Waals surface area contributed by atoms with Crippen LogP contribution in [0.3, 0.4) is 0 Å². The third-order valence-corrected chi connectivity index (χ3v) is 3.12. The summed E-state index contributed by atoms with van der Waals surface area (Å²) < 4.78 is 0. The molecular formula is C15H19NO2. The van der Waals surface area contributed by atoms with Crippen LogP contribution in [0.15, 0.2) is 24.3 Å². The second-order valence-corrected chi connectivity index (χ2v) is 4.61. The number of nitrogens with zero attached hydrogens (tertiary/aromatic N) is 1. The number of aliphatic hydroxyl groups is 2. The summed E-state index contributed by atoms with van der Waals surface area (Å²) in [6.45, 7) is 2.63. The quantitative estimate of drug-likeness (QED) is 0.780. The molecule has 18 heavy (non-hydrogen) atoms. The van der Waals surface area contributed by atoms with Crippen molar-refractivity contribution in [3.05, 3.63) is 35.4 Å². The highest BCUT2D eigenvalue weighted by Crippen LogP contribution is 2.15. The number of hydrogen-bond acceptors (Lipinski definition) is 3. The first kappa shape index (κ1) is 13.1. The van der Waals surface area contributed by atoms with Crippen molar-refractivity contribution in [1.29, 1.82) is 0 Å². The Labute approximate surface area is 108 Å². The van der Waals surface area contributed by atoms with Crippen molar-refractivity contribution >= 4 is 0 Å². The second-order valence-electron chi connectivity index (χ2n) is 4.61. The Morgan fingerprint density at radius 3 is 2.89 bits per heavy atom. The first-order chi connectivity index (χ1) is 8.79. The molecule has 0 spiro atoms. The van der Waals surface area contributed by atoms with E-state index in [-0.39, 0.29) is 12.7 Å². The van der Waals surface area contributed by atoms with Gasteiger partial charge < -0.3 is 10.2 Å². The van der Waals surface area contributed by atoms with Crippen LogP contribution in [0, 0.1) is 11.8 Å². The van der Waals surface area contributed by atoms with Gasteiger partial charge in [-0.3, -0.25) is 4.90 Å². The molecule has 1 unspecified atom stereocenters. The molecule has 1 saturated heterocycles. The predicted octanol–water partition coefficient (Wildman–Crippen LogP) is 0.987. The van der Waals surface area contributed by atoms with Gasteiger partial charge in [-0.05, 0) is 18.1 Å². The molecule has 0 radical (unpaired) electrons. The van der Waals surface area contributed by atoms with E-state index in [0.29, 0.717) is 6.42 Å². The number of aliphatic hydroxyl groups excluding tert-OH is 2. The number of hydrogen-bond donors (Lipinski definition) is 2. The summed E-state index contributed by atoms with van der Waals surface area (Å²) in [6.07, 6.45) is 1.19. The van der Waals surface area contributed by atoms with Crippen LogP contribution >= 0.6 is 0 Å². The number of benzene rings is 1. The third-order valence-electron chi connectivity index (χ3n) is 3.12. The SMILES string of the molecule is OCCC#Cc1ccccc1CN1CCC(O)C1. The molecule has 1 fully saturated rings. The number of likely N-dealkylation sites (tertiary alicyclic amines) is 1. The molecule has 96 valence electrons. The van der Waals surface area contributed by atoms with E-state index >= 15 is 0 Å². The maximum Gasteiger partial charge on any atom is 0.0679 e. The van der Waals surface area contributed by atoms with Gasteiger partial charge in [0.25, 0.3) is 0 Å². The summed E-state index contributed by atoms with van der Waals surface area (Å²) in [5.74, 6) is 6.06. The van der Waals surface area contributed by atoms with Crippen LogP contribution < -0.4 is 0 Å². The lowest BCUT2D eigenvalue weighted by atomic mass is 10.1. The molecule has 0 aliphatic carbocycles. The summed E-state index contributed by atoms with van der Waals surface area (Å²) >= 11 is 0. The summed E-state index contributed by atoms with van der Waals surface area (Å²) in [4.78, 5) is 2.25. The molecule has 1 heterocycles. The van der Waals surface area contributed by atoms with Crippen LogP contribution in [0.25, 0.3) is 0 Å². The molecule has 0 aromatic heterocycles. The summed E-state index contributed by atoms with van der Waals surface area (Å²) in [5, 5.41) is 18.3. The minimum atomic E-state index is -0.183. The Hall–Kier alpha value is -1.34. The zero-order valence-corrected chi connectivity index (χ0v) is 10.5. The molecule has 1 aromatic carbocycles. The van der Waals surface area contributed by atoms with Gasteiger partial charge >= 0.3 is 0 Å². The first-order valence-electron chi connectivity index (χ1n) is 6.37. The number of β-amino-alcohol motifs (C(OH)–C–C–N with tert-alkyl or cyclic N) is 1. The van der Waals surface area contributed by atoms with Gasteiger partial charge in [0, 0.05) is 31.6 Å². The summed E-state index contributed by atoms with van der Waals surface area (Å²) in [5.41, 5.74) is 2.21. The fourth-order valence-corrected chi connectivity index (χ4v) is 2.19. The van der Waals surface area contributed by atoms with Gasteiger partial charge in [0.15, 0.2) is 0 Å². The van der Waals surface area contributed by atoms with E-state index in [1.807, 2.05) is 18.2 Å². The van der Waals surface area contributed by atoms with E-state index < -0.39 is 0 Å². The molecule has 0 bridgehead atoms. The molecule has 1 aliphatic rings. The van der Waals surface area contributed by atoms with Crippen molar-refractivity contribution in [3.8, 4) is 11.8 Å². The van der Waals surface area contributed by atoms with Crippen molar-refractivity contribution < 1.29 is 10.2 Å². The monoisotopic (exact) mass is 245 g/mol. The third kappa shape index (κ3) is 3.58. The lowest BCUT2D eigenvalue weighted by Crippen LogP contribution is -2.21. The molecule has 3 nitrogen and oxygen atoms in total. The van der Waals surface area contributed by atoms with E-state index in [2.05, 4.69) is 22.8 Å². The fourth-order valence-electron chi connectivity index (χ4n) is 2.19. The molecule has 0 amide bonds. The Balaban J connectivity index is 2.06. The maximum atomic E-state index is 9.52. The van der Waals surface area contributed by atoms with E-state index in [1.54, 1.807) is 0 Å². The molecule has 1 atom stereocenters. The minimum Gasteiger partial charge on any atom is -0.395 e. The highest BCUT2D eigenvalue weighted by Gasteiger charge is 2.20. The molecule has 3 heteroatoms. The maximum absolute atomic E-state index is 9.52. The van der Waals surface area contributed by atoms with Crippen LogP contribution in [0.2, 0.25) is 0 Å². The lowest BCUT2D eigenvalue weighted by Gasteiger charge is -2.15. The van der Waals surface area contributed by atoms with Crippen molar-refractivity contribution in [3.63, 3.8) is 0 Å². The van der Waals surface area contributed by atoms with Crippen molar-refractivity contribution in [2.24, 2.45) is 0 Å². The van der Waals surface area contributed by atoms with E-state index in [9.17, 15) is 5.11 Å². The molecular weight excluding hydrogens is 226 g/mol. The van der Waals surface area contributed by atoms with Crippen LogP contribution in [0.4, 0.5) is 0 Å². The minimum absolute atomic E-state index is 0.105. The van der Waals surface area contributed by atoms with Gasteiger partial charge in [-0.25, -0.2) is 0 Å². The van der Waals surface area contributed by atoms with Crippen LogP contribution in [-0.2, 0) is 6.54 Å². The Kier molecular flexibility index (Phi) is 4.77. The van der Waals surface area contributed by atoms with Gasteiger partial charge in [0.05, 0.1) is 12.7 Å². The van der Waals surface area contributed by atoms with Crippen LogP contribution in [0.5, 0.6) is 0 Å². The molecule has 0 saturated carbocycles. The number of rotatable bonds is 3. The largest absolute Gasteiger partial charge is 0.395 e. The van der Waals surface area contributed by atoms with Crippen LogP contribution in [0.1, 0.15) is 24.0 Å². The van der Waals surface area contributed by atoms with Gasteiger partial charge in [-0.15, -0.1) is 0 Å². The van der Waals surface area contributed by atoms with Crippen molar-refractivity contribution in [2.45, 2.75) is 25.5 Å². The molecule has 2 N–H and O–H groups in total. The van der Waals surface area contributed by atoms with Crippen molar-refractivity contribution in [2.75, 3.05) is 19.7 Å². The molecule has 2 rings (SSSR count). The summed E-state index contributed by atoms with van der Waals surface area (Å²) in [6, 6.07) is 8.07. The topological polar surface area (TPSA) is 43.7 Å².